The molecule has 0 spiro atoms. The van der Waals surface area contributed by atoms with Crippen molar-refractivity contribution in [3.8, 4) is 5.88 Å². The lowest BCUT2D eigenvalue weighted by Crippen LogP contribution is -2.56. The van der Waals surface area contributed by atoms with Gasteiger partial charge in [-0.15, -0.1) is 0 Å². The number of amides is 1. The Bertz CT molecular complexity index is 1290. The molecule has 0 radical (unpaired) electrons. The fourth-order valence-corrected chi connectivity index (χ4v) is 4.84. The number of benzene rings is 2. The summed E-state index contributed by atoms with van der Waals surface area (Å²) in [5, 5.41) is 6.84. The average Bonchev–Trinajstić information content (AvgIpc) is 2.75. The first-order chi connectivity index (χ1) is 16.1. The number of hydrogen-bond donors (Lipinski definition) is 2. The van der Waals surface area contributed by atoms with E-state index in [4.69, 9.17) is 16.3 Å². The van der Waals surface area contributed by atoms with Crippen molar-refractivity contribution in [2.75, 3.05) is 16.8 Å². The summed E-state index contributed by atoms with van der Waals surface area (Å²) < 4.78 is 20.7. The third-order valence-corrected chi connectivity index (χ3v) is 6.53. The van der Waals surface area contributed by atoms with Gasteiger partial charge >= 0.3 is 0 Å². The number of carbonyl (C=O) groups excluding carboxylic acids is 1. The van der Waals surface area contributed by atoms with Crippen LogP contribution in [0.3, 0.4) is 0 Å². The topological polar surface area (TPSA) is 79.4 Å². The van der Waals surface area contributed by atoms with E-state index in [-0.39, 0.29) is 27.7 Å². The molecule has 5 rings (SSSR count). The number of nitrogens with one attached hydrogen (secondary N) is 2. The zero-order valence-electron chi connectivity index (χ0n) is 19.4. The fraction of sp³-hybridized carbons (Fsp3) is 0.320. The van der Waals surface area contributed by atoms with Crippen molar-refractivity contribution < 1.29 is 13.9 Å². The summed E-state index contributed by atoms with van der Waals surface area (Å²) in [6.07, 6.45) is 2.31. The standard InChI is InChI=1S/C25H25ClFN5O2/c1-24(2)17-9-8-15(12-14(17)10-11-29-24)30-23-28-13-16-21(31-23)34-25(3,4)32(22(16)33)20-18(26)6-5-7-19(20)27/h5-9,12-13,29H,10-11H2,1-4H3,(H,28,30,31). The molecule has 7 nitrogen and oxygen atoms in total. The highest BCUT2D eigenvalue weighted by Gasteiger charge is 2.44. The van der Waals surface area contributed by atoms with Gasteiger partial charge in [-0.2, -0.15) is 4.98 Å². The molecule has 0 saturated heterocycles. The van der Waals surface area contributed by atoms with Crippen LogP contribution >= 0.6 is 11.6 Å². The lowest BCUT2D eigenvalue weighted by atomic mass is 9.85. The Morgan fingerprint density at radius 3 is 2.76 bits per heavy atom. The van der Waals surface area contributed by atoms with E-state index < -0.39 is 17.4 Å². The summed E-state index contributed by atoms with van der Waals surface area (Å²) in [5.41, 5.74) is 2.14. The van der Waals surface area contributed by atoms with Gasteiger partial charge in [0.15, 0.2) is 5.72 Å². The molecule has 176 valence electrons. The molecule has 1 amide bonds. The maximum atomic E-state index is 14.6. The highest BCUT2D eigenvalue weighted by Crippen LogP contribution is 2.40. The van der Waals surface area contributed by atoms with Crippen molar-refractivity contribution in [2.24, 2.45) is 0 Å². The minimum Gasteiger partial charge on any atom is -0.450 e. The van der Waals surface area contributed by atoms with E-state index >= 15 is 0 Å². The van der Waals surface area contributed by atoms with Gasteiger partial charge in [0.1, 0.15) is 17.1 Å². The SMILES string of the molecule is CC1(C)NCCc2cc(Nc3ncc4c(n3)OC(C)(C)N(c3c(F)cccc3Cl)C4=O)ccc21. The lowest BCUT2D eigenvalue weighted by molar-refractivity contribution is 0.0601. The predicted octanol–water partition coefficient (Wildman–Crippen LogP) is 5.17. The number of para-hydroxylation sites is 1. The van der Waals surface area contributed by atoms with Gasteiger partial charge in [-0.05, 0) is 76.1 Å². The van der Waals surface area contributed by atoms with E-state index in [1.165, 1.54) is 40.4 Å². The summed E-state index contributed by atoms with van der Waals surface area (Å²) in [5.74, 6) is -0.688. The quantitative estimate of drug-likeness (QED) is 0.537. The molecule has 0 unspecified atom stereocenters. The van der Waals surface area contributed by atoms with E-state index in [2.05, 4.69) is 46.6 Å². The Morgan fingerprint density at radius 1 is 1.21 bits per heavy atom. The first-order valence-electron chi connectivity index (χ1n) is 11.1. The predicted molar refractivity (Wildman–Crippen MR) is 129 cm³/mol. The van der Waals surface area contributed by atoms with Gasteiger partial charge in [0.25, 0.3) is 5.91 Å². The molecule has 1 aromatic heterocycles. The van der Waals surface area contributed by atoms with Gasteiger partial charge in [0.2, 0.25) is 11.8 Å². The Balaban J connectivity index is 1.46. The van der Waals surface area contributed by atoms with Gasteiger partial charge in [-0.1, -0.05) is 23.7 Å². The minimum absolute atomic E-state index is 0.0431. The summed E-state index contributed by atoms with van der Waals surface area (Å²) in [4.78, 5) is 23.3. The van der Waals surface area contributed by atoms with Crippen molar-refractivity contribution in [3.63, 3.8) is 0 Å². The van der Waals surface area contributed by atoms with Crippen LogP contribution in [0.5, 0.6) is 5.88 Å². The molecule has 2 aliphatic rings. The second-order valence-electron chi connectivity index (χ2n) is 9.47. The summed E-state index contributed by atoms with van der Waals surface area (Å²) >= 11 is 6.23. The molecule has 2 N–H and O–H groups in total. The molecular formula is C25H25ClFN5O2. The maximum absolute atomic E-state index is 14.6. The van der Waals surface area contributed by atoms with Crippen molar-refractivity contribution in [1.29, 1.82) is 0 Å². The van der Waals surface area contributed by atoms with Crippen LogP contribution in [-0.2, 0) is 12.0 Å². The number of rotatable bonds is 3. The number of anilines is 3. The number of halogens is 2. The summed E-state index contributed by atoms with van der Waals surface area (Å²) in [6, 6.07) is 10.4. The fourth-order valence-electron chi connectivity index (χ4n) is 4.59. The first kappa shape index (κ1) is 22.6. The van der Waals surface area contributed by atoms with Crippen LogP contribution in [0.15, 0.2) is 42.6 Å². The number of fused-ring (bicyclic) bond motifs is 2. The van der Waals surface area contributed by atoms with Gasteiger partial charge in [0.05, 0.1) is 5.02 Å². The molecule has 0 atom stereocenters. The Hall–Kier alpha value is -3.23. The molecular weight excluding hydrogens is 457 g/mol. The number of nitrogens with zero attached hydrogens (tertiary/aromatic N) is 3. The molecule has 3 aromatic rings. The maximum Gasteiger partial charge on any atom is 0.268 e. The van der Waals surface area contributed by atoms with Crippen molar-refractivity contribution >= 4 is 34.8 Å². The number of aromatic nitrogens is 2. The molecule has 0 saturated carbocycles. The third-order valence-electron chi connectivity index (χ3n) is 6.23. The smallest absolute Gasteiger partial charge is 0.268 e. The highest BCUT2D eigenvalue weighted by atomic mass is 35.5. The Kier molecular flexibility index (Phi) is 5.26. The largest absolute Gasteiger partial charge is 0.450 e. The molecule has 2 aromatic carbocycles. The Labute approximate surface area is 202 Å². The Morgan fingerprint density at radius 2 is 2.00 bits per heavy atom. The number of hydrogen-bond acceptors (Lipinski definition) is 6. The van der Waals surface area contributed by atoms with Gasteiger partial charge < -0.3 is 15.4 Å². The molecule has 2 aliphatic heterocycles. The van der Waals surface area contributed by atoms with Crippen molar-refractivity contribution in [3.05, 3.63) is 70.1 Å². The zero-order valence-corrected chi connectivity index (χ0v) is 20.1. The average molecular weight is 482 g/mol. The monoisotopic (exact) mass is 481 g/mol. The van der Waals surface area contributed by atoms with Gasteiger partial charge in [-0.3, -0.25) is 9.69 Å². The van der Waals surface area contributed by atoms with Crippen LogP contribution < -0.4 is 20.3 Å². The van der Waals surface area contributed by atoms with Gasteiger partial charge in [0, 0.05) is 17.4 Å². The van der Waals surface area contributed by atoms with E-state index in [0.717, 1.165) is 18.7 Å². The normalized spacial score (nSPS) is 18.1. The van der Waals surface area contributed by atoms with E-state index in [1.807, 2.05) is 6.07 Å². The number of carbonyl (C=O) groups is 1. The van der Waals surface area contributed by atoms with Crippen LogP contribution in [0.25, 0.3) is 0 Å². The minimum atomic E-state index is -1.23. The van der Waals surface area contributed by atoms with E-state index in [9.17, 15) is 9.18 Å². The molecule has 9 heteroatoms. The zero-order chi connectivity index (χ0) is 24.3. The second kappa shape index (κ2) is 7.92. The van der Waals surface area contributed by atoms with Crippen molar-refractivity contribution in [1.82, 2.24) is 15.3 Å². The second-order valence-corrected chi connectivity index (χ2v) is 9.88. The molecule has 0 aliphatic carbocycles. The lowest BCUT2D eigenvalue weighted by Gasteiger charge is -2.42. The molecule has 3 heterocycles. The van der Waals surface area contributed by atoms with Crippen LogP contribution in [0.4, 0.5) is 21.7 Å². The molecule has 34 heavy (non-hydrogen) atoms. The molecule has 0 bridgehead atoms. The van der Waals surface area contributed by atoms with E-state index in [0.29, 0.717) is 5.95 Å². The van der Waals surface area contributed by atoms with E-state index in [1.54, 1.807) is 13.8 Å². The summed E-state index contributed by atoms with van der Waals surface area (Å²) in [7, 11) is 0. The van der Waals surface area contributed by atoms with Gasteiger partial charge in [-0.25, -0.2) is 9.37 Å². The van der Waals surface area contributed by atoms with Crippen LogP contribution in [0, 0.1) is 5.82 Å². The van der Waals surface area contributed by atoms with Crippen LogP contribution in [0.2, 0.25) is 5.02 Å². The highest BCUT2D eigenvalue weighted by molar-refractivity contribution is 6.34. The van der Waals surface area contributed by atoms with Crippen molar-refractivity contribution in [2.45, 2.75) is 45.4 Å². The third kappa shape index (κ3) is 3.76. The first-order valence-corrected chi connectivity index (χ1v) is 11.4. The van der Waals surface area contributed by atoms with Crippen LogP contribution in [0.1, 0.15) is 49.2 Å². The molecule has 0 fully saturated rings. The number of ether oxygens (including phenoxy) is 1. The van der Waals surface area contributed by atoms with Crippen LogP contribution in [-0.4, -0.2) is 28.1 Å². The summed E-state index contributed by atoms with van der Waals surface area (Å²) in [6.45, 7) is 8.56.